The molecule has 1 N–H and O–H groups in total. The van der Waals surface area contributed by atoms with Crippen LogP contribution in [0.3, 0.4) is 0 Å². The largest absolute Gasteiger partial charge is 0.312 e. The van der Waals surface area contributed by atoms with E-state index in [9.17, 15) is 0 Å². The van der Waals surface area contributed by atoms with E-state index in [1.807, 2.05) is 18.2 Å². The van der Waals surface area contributed by atoms with Crippen molar-refractivity contribution in [3.05, 3.63) is 46.0 Å². The van der Waals surface area contributed by atoms with E-state index in [1.165, 1.54) is 19.3 Å². The summed E-state index contributed by atoms with van der Waals surface area (Å²) in [4.78, 5) is 0. The van der Waals surface area contributed by atoms with E-state index in [4.69, 9.17) is 23.2 Å². The zero-order valence-electron chi connectivity index (χ0n) is 9.76. The Morgan fingerprint density at radius 2 is 1.94 bits per heavy atom. The minimum Gasteiger partial charge on any atom is -0.312 e. The number of nitrogens with one attached hydrogen (secondary N) is 1. The first-order valence-electron chi connectivity index (χ1n) is 6.06. The lowest BCUT2D eigenvalue weighted by molar-refractivity contribution is 0.440. The van der Waals surface area contributed by atoms with E-state index in [0.717, 1.165) is 34.6 Å². The van der Waals surface area contributed by atoms with E-state index in [-0.39, 0.29) is 0 Å². The molecule has 1 aromatic rings. The van der Waals surface area contributed by atoms with Gasteiger partial charge in [-0.15, -0.1) is 0 Å². The van der Waals surface area contributed by atoms with Crippen molar-refractivity contribution in [3.8, 4) is 0 Å². The van der Waals surface area contributed by atoms with Crippen LogP contribution in [0, 0.1) is 5.92 Å². The number of hydrogen-bond donors (Lipinski definition) is 1. The second kappa shape index (κ2) is 6.44. The fourth-order valence-electron chi connectivity index (χ4n) is 2.14. The Morgan fingerprint density at radius 3 is 2.59 bits per heavy atom. The first-order chi connectivity index (χ1) is 8.27. The van der Waals surface area contributed by atoms with Gasteiger partial charge >= 0.3 is 0 Å². The molecule has 3 heteroatoms. The Hall–Kier alpha value is -0.500. The van der Waals surface area contributed by atoms with Crippen molar-refractivity contribution in [2.75, 3.05) is 6.54 Å². The van der Waals surface area contributed by atoms with Crippen LogP contribution in [-0.2, 0) is 6.54 Å². The Morgan fingerprint density at radius 1 is 1.18 bits per heavy atom. The monoisotopic (exact) mass is 269 g/mol. The molecule has 0 spiro atoms. The molecular formula is C14H17Cl2N. The molecule has 0 radical (unpaired) electrons. The zero-order valence-corrected chi connectivity index (χ0v) is 11.3. The van der Waals surface area contributed by atoms with Crippen LogP contribution in [0.2, 0.25) is 10.0 Å². The molecule has 0 amide bonds. The quantitative estimate of drug-likeness (QED) is 0.797. The third-order valence-electron chi connectivity index (χ3n) is 3.17. The summed E-state index contributed by atoms with van der Waals surface area (Å²) in [6.07, 6.45) is 8.21. The molecule has 1 aromatic carbocycles. The fraction of sp³-hybridized carbons (Fsp3) is 0.429. The second-order valence-corrected chi connectivity index (χ2v) is 5.30. The van der Waals surface area contributed by atoms with Crippen LogP contribution < -0.4 is 5.32 Å². The minimum absolute atomic E-state index is 0.744. The van der Waals surface area contributed by atoms with Crippen molar-refractivity contribution in [1.82, 2.24) is 5.32 Å². The summed E-state index contributed by atoms with van der Waals surface area (Å²) in [5, 5.41) is 4.94. The predicted octanol–water partition coefficient (Wildman–Crippen LogP) is 4.44. The van der Waals surface area contributed by atoms with Gasteiger partial charge in [0.2, 0.25) is 0 Å². The van der Waals surface area contributed by atoms with Gasteiger partial charge < -0.3 is 5.32 Å². The highest BCUT2D eigenvalue weighted by Gasteiger charge is 2.10. The number of halogens is 2. The van der Waals surface area contributed by atoms with Gasteiger partial charge in [-0.05, 0) is 43.9 Å². The van der Waals surface area contributed by atoms with Crippen LogP contribution in [0.1, 0.15) is 24.8 Å². The molecule has 0 saturated heterocycles. The van der Waals surface area contributed by atoms with Crippen LogP contribution >= 0.6 is 23.2 Å². The molecule has 1 atom stereocenters. The summed E-state index contributed by atoms with van der Waals surface area (Å²) in [6.45, 7) is 1.78. The van der Waals surface area contributed by atoms with Gasteiger partial charge in [-0.3, -0.25) is 0 Å². The van der Waals surface area contributed by atoms with Crippen molar-refractivity contribution in [3.63, 3.8) is 0 Å². The number of benzene rings is 1. The first-order valence-corrected chi connectivity index (χ1v) is 6.81. The maximum atomic E-state index is 6.12. The average Bonchev–Trinajstić information content (AvgIpc) is 2.34. The fourth-order valence-corrected chi connectivity index (χ4v) is 2.68. The van der Waals surface area contributed by atoms with Crippen LogP contribution in [0.5, 0.6) is 0 Å². The highest BCUT2D eigenvalue weighted by atomic mass is 35.5. The molecule has 1 aliphatic rings. The predicted molar refractivity (Wildman–Crippen MR) is 74.6 cm³/mol. The minimum atomic E-state index is 0.744. The lowest BCUT2D eigenvalue weighted by Gasteiger charge is -2.18. The molecule has 0 aromatic heterocycles. The molecule has 1 nitrogen and oxygen atoms in total. The molecule has 2 rings (SSSR count). The Kier molecular flexibility index (Phi) is 4.90. The molecule has 0 aliphatic heterocycles. The van der Waals surface area contributed by atoms with Gasteiger partial charge in [-0.2, -0.15) is 0 Å². The molecule has 92 valence electrons. The highest BCUT2D eigenvalue weighted by molar-refractivity contribution is 6.35. The average molecular weight is 270 g/mol. The first kappa shape index (κ1) is 12.9. The molecule has 1 aliphatic carbocycles. The van der Waals surface area contributed by atoms with Crippen LogP contribution in [0.15, 0.2) is 30.4 Å². The van der Waals surface area contributed by atoms with Crippen molar-refractivity contribution in [2.24, 2.45) is 5.92 Å². The van der Waals surface area contributed by atoms with E-state index in [2.05, 4.69) is 17.5 Å². The number of rotatable bonds is 4. The highest BCUT2D eigenvalue weighted by Crippen LogP contribution is 2.24. The molecular weight excluding hydrogens is 253 g/mol. The maximum Gasteiger partial charge on any atom is 0.0465 e. The molecule has 1 unspecified atom stereocenters. The molecule has 0 bridgehead atoms. The normalized spacial score (nSPS) is 19.5. The molecule has 0 saturated carbocycles. The van der Waals surface area contributed by atoms with E-state index >= 15 is 0 Å². The van der Waals surface area contributed by atoms with E-state index in [0.29, 0.717) is 0 Å². The second-order valence-electron chi connectivity index (χ2n) is 4.48. The third kappa shape index (κ3) is 3.74. The zero-order chi connectivity index (χ0) is 12.1. The number of allylic oxidation sites excluding steroid dienone is 2. The Labute approximate surface area is 113 Å². The summed E-state index contributed by atoms with van der Waals surface area (Å²) in [5.41, 5.74) is 1.00. The van der Waals surface area contributed by atoms with Crippen LogP contribution in [0.4, 0.5) is 0 Å². The molecule has 17 heavy (non-hydrogen) atoms. The summed E-state index contributed by atoms with van der Waals surface area (Å²) in [6, 6.07) is 5.64. The van der Waals surface area contributed by atoms with Gasteiger partial charge in [0.25, 0.3) is 0 Å². The van der Waals surface area contributed by atoms with E-state index < -0.39 is 0 Å². The van der Waals surface area contributed by atoms with Gasteiger partial charge in [0.1, 0.15) is 0 Å². The van der Waals surface area contributed by atoms with Gasteiger partial charge in [0.15, 0.2) is 0 Å². The van der Waals surface area contributed by atoms with Gasteiger partial charge in [0, 0.05) is 22.2 Å². The van der Waals surface area contributed by atoms with Gasteiger partial charge in [-0.25, -0.2) is 0 Å². The SMILES string of the molecule is Clc1cccc(Cl)c1CNCC1CC=CCC1. The summed E-state index contributed by atoms with van der Waals surface area (Å²) < 4.78 is 0. The summed E-state index contributed by atoms with van der Waals surface area (Å²) in [5.74, 6) is 0.751. The smallest absolute Gasteiger partial charge is 0.0465 e. The van der Waals surface area contributed by atoms with Gasteiger partial charge in [0.05, 0.1) is 0 Å². The maximum absolute atomic E-state index is 6.12. The third-order valence-corrected chi connectivity index (χ3v) is 3.88. The van der Waals surface area contributed by atoms with E-state index in [1.54, 1.807) is 0 Å². The Balaban J connectivity index is 1.83. The lowest BCUT2D eigenvalue weighted by atomic mass is 9.94. The molecule has 0 heterocycles. The van der Waals surface area contributed by atoms with Crippen molar-refractivity contribution in [1.29, 1.82) is 0 Å². The van der Waals surface area contributed by atoms with Crippen LogP contribution in [0.25, 0.3) is 0 Å². The van der Waals surface area contributed by atoms with Crippen molar-refractivity contribution in [2.45, 2.75) is 25.8 Å². The van der Waals surface area contributed by atoms with Crippen LogP contribution in [-0.4, -0.2) is 6.54 Å². The van der Waals surface area contributed by atoms with Crippen molar-refractivity contribution >= 4 is 23.2 Å². The Bertz CT molecular complexity index is 381. The van der Waals surface area contributed by atoms with Crippen molar-refractivity contribution < 1.29 is 0 Å². The standard InChI is InChI=1S/C14H17Cl2N/c15-13-7-4-8-14(16)12(13)10-17-9-11-5-2-1-3-6-11/h1-2,4,7-8,11,17H,3,5-6,9-10H2. The van der Waals surface area contributed by atoms with Gasteiger partial charge in [-0.1, -0.05) is 41.4 Å². The summed E-state index contributed by atoms with van der Waals surface area (Å²) >= 11 is 12.2. The number of hydrogen-bond acceptors (Lipinski definition) is 1. The topological polar surface area (TPSA) is 12.0 Å². The molecule has 0 fully saturated rings. The summed E-state index contributed by atoms with van der Waals surface area (Å²) in [7, 11) is 0. The lowest BCUT2D eigenvalue weighted by Crippen LogP contribution is -2.23.